The summed E-state index contributed by atoms with van der Waals surface area (Å²) < 4.78 is 1.85. The minimum atomic E-state index is -0.990. The minimum absolute atomic E-state index is 0.185. The second-order valence-electron chi connectivity index (χ2n) is 5.68. The molecule has 4 rings (SSSR count). The predicted molar refractivity (Wildman–Crippen MR) is 96.9 cm³/mol. The van der Waals surface area contributed by atoms with E-state index in [1.807, 2.05) is 29.7 Å². The molecule has 124 valence electrons. The zero-order chi connectivity index (χ0) is 17.6. The van der Waals surface area contributed by atoms with Gasteiger partial charge in [-0.15, -0.1) is 0 Å². The predicted octanol–water partition coefficient (Wildman–Crippen LogP) is 4.29. The lowest BCUT2D eigenvalue weighted by molar-refractivity contribution is 0.0697. The number of nitrogens with one attached hydrogen (secondary N) is 1. The van der Waals surface area contributed by atoms with Gasteiger partial charge in [-0.3, -0.25) is 4.40 Å². The van der Waals surface area contributed by atoms with Crippen molar-refractivity contribution in [2.75, 3.05) is 5.32 Å². The average Bonchev–Trinajstić information content (AvgIpc) is 2.98. The van der Waals surface area contributed by atoms with E-state index in [0.29, 0.717) is 16.5 Å². The third kappa shape index (κ3) is 2.77. The number of hydrogen-bond donors (Lipinski definition) is 2. The Kier molecular flexibility index (Phi) is 3.54. The van der Waals surface area contributed by atoms with Crippen LogP contribution in [-0.2, 0) is 0 Å². The molecule has 0 saturated carbocycles. The molecule has 0 atom stereocenters. The van der Waals surface area contributed by atoms with Crippen molar-refractivity contribution >= 4 is 45.8 Å². The van der Waals surface area contributed by atoms with Crippen molar-refractivity contribution in [2.45, 2.75) is 6.92 Å². The van der Waals surface area contributed by atoms with Gasteiger partial charge in [-0.2, -0.15) is 0 Å². The Hall–Kier alpha value is -3.12. The number of carbonyl (C=O) groups is 1. The summed E-state index contributed by atoms with van der Waals surface area (Å²) in [6, 6.07) is 12.1. The third-order valence-corrected chi connectivity index (χ3v) is 4.12. The van der Waals surface area contributed by atoms with Gasteiger partial charge in [0.2, 0.25) is 5.95 Å². The molecular formula is C18H13ClN4O2. The smallest absolute Gasteiger partial charge is 0.335 e. The van der Waals surface area contributed by atoms with Gasteiger partial charge in [0.05, 0.1) is 16.8 Å². The normalized spacial score (nSPS) is 11.1. The summed E-state index contributed by atoms with van der Waals surface area (Å²) in [6.45, 7) is 1.90. The Bertz CT molecular complexity index is 1120. The number of nitrogens with zero attached hydrogens (tertiary/aromatic N) is 3. The molecule has 2 N–H and O–H groups in total. The summed E-state index contributed by atoms with van der Waals surface area (Å²) in [5, 5.41) is 13.9. The molecule has 0 bridgehead atoms. The summed E-state index contributed by atoms with van der Waals surface area (Å²) >= 11 is 5.92. The molecule has 0 aliphatic carbocycles. The number of anilines is 2. The number of aromatic carboxylic acids is 1. The van der Waals surface area contributed by atoms with Crippen molar-refractivity contribution in [1.82, 2.24) is 14.4 Å². The molecule has 2 aromatic heterocycles. The van der Waals surface area contributed by atoms with Crippen LogP contribution in [0.4, 0.5) is 11.6 Å². The lowest BCUT2D eigenvalue weighted by Gasteiger charge is -2.10. The monoisotopic (exact) mass is 352 g/mol. The highest BCUT2D eigenvalue weighted by atomic mass is 35.5. The second kappa shape index (κ2) is 5.75. The standard InChI is InChI=1S/C18H13ClN4O2/c1-10-9-23-16(20-10)14-7-2-11(17(24)25)8-15(14)22-18(23)21-13-5-3-12(19)4-6-13/h2-9H,1H3,(H,21,22)(H,24,25). The lowest BCUT2D eigenvalue weighted by atomic mass is 10.1. The molecule has 25 heavy (non-hydrogen) atoms. The van der Waals surface area contributed by atoms with E-state index in [1.165, 1.54) is 0 Å². The van der Waals surface area contributed by atoms with E-state index in [0.717, 1.165) is 22.4 Å². The van der Waals surface area contributed by atoms with Gasteiger partial charge in [0, 0.05) is 22.3 Å². The molecule has 0 unspecified atom stereocenters. The van der Waals surface area contributed by atoms with Crippen molar-refractivity contribution in [2.24, 2.45) is 0 Å². The highest BCUT2D eigenvalue weighted by molar-refractivity contribution is 6.30. The maximum atomic E-state index is 11.2. The number of aryl methyl sites for hydroxylation is 1. The van der Waals surface area contributed by atoms with Crippen molar-refractivity contribution in [1.29, 1.82) is 0 Å². The van der Waals surface area contributed by atoms with Crippen LogP contribution >= 0.6 is 11.6 Å². The van der Waals surface area contributed by atoms with Crippen molar-refractivity contribution in [3.05, 3.63) is 64.9 Å². The van der Waals surface area contributed by atoms with Gasteiger partial charge in [0.1, 0.15) is 5.65 Å². The quantitative estimate of drug-likeness (QED) is 0.575. The number of aromatic nitrogens is 3. The molecule has 0 aliphatic heterocycles. The molecule has 4 aromatic rings. The molecule has 0 saturated heterocycles. The van der Waals surface area contributed by atoms with Crippen LogP contribution in [0.3, 0.4) is 0 Å². The van der Waals surface area contributed by atoms with Crippen LogP contribution in [0.5, 0.6) is 0 Å². The van der Waals surface area contributed by atoms with E-state index in [-0.39, 0.29) is 5.56 Å². The number of hydrogen-bond acceptors (Lipinski definition) is 4. The largest absolute Gasteiger partial charge is 0.478 e. The van der Waals surface area contributed by atoms with E-state index in [1.54, 1.807) is 30.3 Å². The van der Waals surface area contributed by atoms with Crippen molar-refractivity contribution in [3.8, 4) is 0 Å². The summed E-state index contributed by atoms with van der Waals surface area (Å²) in [4.78, 5) is 20.4. The molecule has 7 heteroatoms. The van der Waals surface area contributed by atoms with Crippen LogP contribution in [0.25, 0.3) is 16.6 Å². The van der Waals surface area contributed by atoms with Crippen molar-refractivity contribution in [3.63, 3.8) is 0 Å². The van der Waals surface area contributed by atoms with Crippen LogP contribution in [0.15, 0.2) is 48.7 Å². The molecule has 2 heterocycles. The average molecular weight is 353 g/mol. The molecular weight excluding hydrogens is 340 g/mol. The van der Waals surface area contributed by atoms with E-state index in [4.69, 9.17) is 11.6 Å². The highest BCUT2D eigenvalue weighted by Gasteiger charge is 2.13. The van der Waals surface area contributed by atoms with Gasteiger partial charge in [-0.1, -0.05) is 11.6 Å². The zero-order valence-electron chi connectivity index (χ0n) is 13.2. The van der Waals surface area contributed by atoms with Gasteiger partial charge >= 0.3 is 5.97 Å². The Morgan fingerprint density at radius 1 is 1.16 bits per heavy atom. The molecule has 0 aliphatic rings. The fourth-order valence-electron chi connectivity index (χ4n) is 2.71. The Balaban J connectivity index is 1.93. The molecule has 0 amide bonds. The number of carboxylic acids is 1. The number of imidazole rings is 1. The molecule has 6 nitrogen and oxygen atoms in total. The topological polar surface area (TPSA) is 79.5 Å². The lowest BCUT2D eigenvalue weighted by Crippen LogP contribution is -2.03. The summed E-state index contributed by atoms with van der Waals surface area (Å²) in [7, 11) is 0. The van der Waals surface area contributed by atoms with Gasteiger partial charge in [-0.25, -0.2) is 14.8 Å². The van der Waals surface area contributed by atoms with Gasteiger partial charge in [-0.05, 0) is 49.4 Å². The molecule has 0 radical (unpaired) electrons. The first-order chi connectivity index (χ1) is 12.0. The zero-order valence-corrected chi connectivity index (χ0v) is 13.9. The van der Waals surface area contributed by atoms with Crippen LogP contribution in [0.1, 0.15) is 16.1 Å². The van der Waals surface area contributed by atoms with E-state index >= 15 is 0 Å². The Morgan fingerprint density at radius 3 is 2.64 bits per heavy atom. The first kappa shape index (κ1) is 15.4. The summed E-state index contributed by atoms with van der Waals surface area (Å²) in [5.41, 5.74) is 3.13. The van der Waals surface area contributed by atoms with Crippen LogP contribution in [-0.4, -0.2) is 25.4 Å². The van der Waals surface area contributed by atoms with E-state index in [9.17, 15) is 9.90 Å². The first-order valence-electron chi connectivity index (χ1n) is 7.56. The Morgan fingerprint density at radius 2 is 1.92 bits per heavy atom. The number of rotatable bonds is 3. The Labute approximate surface area is 147 Å². The van der Waals surface area contributed by atoms with Crippen LogP contribution in [0.2, 0.25) is 5.02 Å². The van der Waals surface area contributed by atoms with Crippen molar-refractivity contribution < 1.29 is 9.90 Å². The van der Waals surface area contributed by atoms with Crippen LogP contribution < -0.4 is 5.32 Å². The van der Waals surface area contributed by atoms with Gasteiger partial charge in [0.25, 0.3) is 0 Å². The number of carboxylic acid groups (broad SMARTS) is 1. The fraction of sp³-hybridized carbons (Fsp3) is 0.0556. The maximum Gasteiger partial charge on any atom is 0.335 e. The summed E-state index contributed by atoms with van der Waals surface area (Å²) in [6.07, 6.45) is 1.88. The number of halogens is 1. The highest BCUT2D eigenvalue weighted by Crippen LogP contribution is 2.25. The fourth-order valence-corrected chi connectivity index (χ4v) is 2.84. The number of benzene rings is 2. The van der Waals surface area contributed by atoms with Crippen LogP contribution in [0, 0.1) is 6.92 Å². The maximum absolute atomic E-state index is 11.2. The molecule has 0 fully saturated rings. The SMILES string of the molecule is Cc1cn2c(Nc3ccc(Cl)cc3)nc3cc(C(=O)O)ccc3c2n1. The first-order valence-corrected chi connectivity index (χ1v) is 7.94. The summed E-state index contributed by atoms with van der Waals surface area (Å²) in [5.74, 6) is -0.441. The third-order valence-electron chi connectivity index (χ3n) is 3.87. The minimum Gasteiger partial charge on any atom is -0.478 e. The van der Waals surface area contributed by atoms with E-state index in [2.05, 4.69) is 15.3 Å². The molecule has 0 spiro atoms. The van der Waals surface area contributed by atoms with Gasteiger partial charge in [0.15, 0.2) is 0 Å². The van der Waals surface area contributed by atoms with E-state index < -0.39 is 5.97 Å². The molecule has 2 aromatic carbocycles. The second-order valence-corrected chi connectivity index (χ2v) is 6.12. The number of fused-ring (bicyclic) bond motifs is 3. The van der Waals surface area contributed by atoms with Gasteiger partial charge < -0.3 is 10.4 Å².